The molecule has 0 saturated carbocycles. The zero-order valence-corrected chi connectivity index (χ0v) is 17.2. The van der Waals surface area contributed by atoms with Crippen LogP contribution in [0, 0.1) is 13.8 Å². The Morgan fingerprint density at radius 2 is 1.88 bits per heavy atom. The van der Waals surface area contributed by atoms with Crippen molar-refractivity contribution in [2.45, 2.75) is 20.0 Å². The topological polar surface area (TPSA) is 84.7 Å². The Morgan fingerprint density at radius 3 is 2.55 bits per heavy atom. The molecule has 33 heavy (non-hydrogen) atoms. The number of benzene rings is 2. The Kier molecular flexibility index (Phi) is 4.86. The molecule has 0 atom stereocenters. The summed E-state index contributed by atoms with van der Waals surface area (Å²) < 4.78 is 65.3. The van der Waals surface area contributed by atoms with E-state index in [0.717, 1.165) is 12.1 Å². The van der Waals surface area contributed by atoms with E-state index >= 15 is 0 Å². The van der Waals surface area contributed by atoms with Crippen LogP contribution < -0.4 is 10.6 Å². The molecule has 0 aliphatic rings. The SMILES string of the molecule is [2H]C([2H])([2H])c1ccc(C(=O)Nc2cc(-n3cnc(C)c3)cc(C(F)(F)F)c2)cc1Nc1ncccn1. The molecule has 4 rings (SSSR count). The second-order valence-corrected chi connectivity index (χ2v) is 7.10. The summed E-state index contributed by atoms with van der Waals surface area (Å²) in [5.74, 6) is -0.630. The van der Waals surface area contributed by atoms with E-state index in [4.69, 9.17) is 4.11 Å². The third-order valence-electron chi connectivity index (χ3n) is 4.61. The molecule has 2 heterocycles. The monoisotopic (exact) mass is 455 g/mol. The molecule has 0 aliphatic carbocycles. The Balaban J connectivity index is 1.69. The molecule has 2 aromatic heterocycles. The summed E-state index contributed by atoms with van der Waals surface area (Å²) in [4.78, 5) is 25.0. The molecule has 0 spiro atoms. The number of aryl methyl sites for hydroxylation is 2. The molecule has 0 unspecified atom stereocenters. The van der Waals surface area contributed by atoms with Crippen molar-refractivity contribution < 1.29 is 22.1 Å². The van der Waals surface area contributed by atoms with E-state index in [1.165, 1.54) is 47.6 Å². The van der Waals surface area contributed by atoms with Crippen molar-refractivity contribution in [1.82, 2.24) is 19.5 Å². The van der Waals surface area contributed by atoms with Gasteiger partial charge in [-0.1, -0.05) is 6.07 Å². The van der Waals surface area contributed by atoms with Gasteiger partial charge in [0.2, 0.25) is 5.95 Å². The van der Waals surface area contributed by atoms with Gasteiger partial charge in [-0.25, -0.2) is 15.0 Å². The van der Waals surface area contributed by atoms with Gasteiger partial charge in [-0.2, -0.15) is 13.2 Å². The van der Waals surface area contributed by atoms with Crippen molar-refractivity contribution in [3.8, 4) is 5.69 Å². The van der Waals surface area contributed by atoms with Gasteiger partial charge in [-0.15, -0.1) is 0 Å². The van der Waals surface area contributed by atoms with Crippen molar-refractivity contribution >= 4 is 23.2 Å². The molecule has 2 aromatic carbocycles. The number of anilines is 3. The average Bonchev–Trinajstić information content (AvgIpc) is 3.24. The van der Waals surface area contributed by atoms with Gasteiger partial charge in [0.15, 0.2) is 0 Å². The van der Waals surface area contributed by atoms with Crippen LogP contribution in [0.5, 0.6) is 0 Å². The summed E-state index contributed by atoms with van der Waals surface area (Å²) in [6, 6.07) is 8.53. The summed E-state index contributed by atoms with van der Waals surface area (Å²) in [6.45, 7) is -0.813. The molecular weight excluding hydrogens is 433 g/mol. The van der Waals surface area contributed by atoms with Gasteiger partial charge in [-0.3, -0.25) is 4.79 Å². The van der Waals surface area contributed by atoms with Gasteiger partial charge >= 0.3 is 6.18 Å². The number of aromatic nitrogens is 4. The fourth-order valence-electron chi connectivity index (χ4n) is 3.03. The molecule has 0 bridgehead atoms. The lowest BCUT2D eigenvalue weighted by atomic mass is 10.1. The molecule has 10 heteroatoms. The highest BCUT2D eigenvalue weighted by Crippen LogP contribution is 2.33. The summed E-state index contributed by atoms with van der Waals surface area (Å²) in [7, 11) is 0. The van der Waals surface area contributed by atoms with Gasteiger partial charge in [0.05, 0.1) is 17.6 Å². The number of hydrogen-bond donors (Lipinski definition) is 2. The van der Waals surface area contributed by atoms with Crippen molar-refractivity contribution in [2.75, 3.05) is 10.6 Å². The number of halogens is 3. The van der Waals surface area contributed by atoms with Gasteiger partial charge in [0.1, 0.15) is 0 Å². The first kappa shape index (κ1) is 18.4. The molecular formula is C23H19F3N6O. The van der Waals surface area contributed by atoms with E-state index in [0.29, 0.717) is 5.69 Å². The number of rotatable bonds is 5. The number of hydrogen-bond acceptors (Lipinski definition) is 5. The number of imidazole rings is 1. The standard InChI is InChI=1S/C23H19F3N6O/c1-14-4-5-16(8-20(14)31-22-27-6-3-7-28-22)21(33)30-18-9-17(23(24,25)26)10-19(11-18)32-12-15(2)29-13-32/h3-13H,1-2H3,(H,30,33)(H,27,28,31)/i1D3. The predicted molar refractivity (Wildman–Crippen MR) is 118 cm³/mol. The molecule has 0 radical (unpaired) electrons. The molecule has 0 saturated heterocycles. The zero-order chi connectivity index (χ0) is 26.1. The smallest absolute Gasteiger partial charge is 0.324 e. The van der Waals surface area contributed by atoms with Crippen LogP contribution in [0.4, 0.5) is 30.5 Å². The maximum atomic E-state index is 13.5. The third-order valence-corrected chi connectivity index (χ3v) is 4.61. The quantitative estimate of drug-likeness (QED) is 0.427. The molecule has 7 nitrogen and oxygen atoms in total. The summed E-state index contributed by atoms with van der Waals surface area (Å²) in [5.41, 5.74) is -0.300. The Bertz CT molecular complexity index is 1400. The Morgan fingerprint density at radius 1 is 1.09 bits per heavy atom. The van der Waals surface area contributed by atoms with Crippen LogP contribution in [0.2, 0.25) is 0 Å². The van der Waals surface area contributed by atoms with E-state index < -0.39 is 24.5 Å². The van der Waals surface area contributed by atoms with Crippen molar-refractivity contribution in [3.63, 3.8) is 0 Å². The van der Waals surface area contributed by atoms with E-state index in [1.807, 2.05) is 0 Å². The minimum atomic E-state index is -4.65. The van der Waals surface area contributed by atoms with Crippen LogP contribution in [0.15, 0.2) is 67.4 Å². The number of carbonyl (C=O) groups excluding carboxylic acids is 1. The van der Waals surface area contributed by atoms with Gasteiger partial charge in [0, 0.05) is 45.3 Å². The van der Waals surface area contributed by atoms with E-state index in [1.54, 1.807) is 19.2 Å². The predicted octanol–water partition coefficient (Wildman–Crippen LogP) is 5.29. The Labute approximate surface area is 191 Å². The maximum absolute atomic E-state index is 13.5. The lowest BCUT2D eigenvalue weighted by molar-refractivity contribution is -0.137. The number of amides is 1. The van der Waals surface area contributed by atoms with Gasteiger partial charge in [0.25, 0.3) is 5.91 Å². The van der Waals surface area contributed by atoms with Crippen LogP contribution in [0.25, 0.3) is 5.69 Å². The second kappa shape index (κ2) is 8.73. The highest BCUT2D eigenvalue weighted by Gasteiger charge is 2.31. The number of nitrogens with zero attached hydrogens (tertiary/aromatic N) is 4. The first-order valence-corrected chi connectivity index (χ1v) is 9.63. The summed E-state index contributed by atoms with van der Waals surface area (Å²) in [6.07, 6.45) is 1.17. The maximum Gasteiger partial charge on any atom is 0.416 e. The zero-order valence-electron chi connectivity index (χ0n) is 20.2. The minimum absolute atomic E-state index is 0.0128. The lowest BCUT2D eigenvalue weighted by Gasteiger charge is -2.14. The number of carbonyl (C=O) groups is 1. The van der Waals surface area contributed by atoms with Crippen molar-refractivity contribution in [2.24, 2.45) is 0 Å². The first-order chi connectivity index (χ1) is 16.9. The molecule has 0 fully saturated rings. The van der Waals surface area contributed by atoms with Crippen LogP contribution in [-0.2, 0) is 6.18 Å². The third kappa shape index (κ3) is 5.17. The molecule has 4 aromatic rings. The Hall–Kier alpha value is -4.21. The normalized spacial score (nSPS) is 13.0. The summed E-state index contributed by atoms with van der Waals surface area (Å²) >= 11 is 0. The minimum Gasteiger partial charge on any atom is -0.324 e. The van der Waals surface area contributed by atoms with Crippen LogP contribution >= 0.6 is 0 Å². The van der Waals surface area contributed by atoms with E-state index in [-0.39, 0.29) is 34.1 Å². The molecule has 1 amide bonds. The molecule has 168 valence electrons. The highest BCUT2D eigenvalue weighted by molar-refractivity contribution is 6.05. The van der Waals surface area contributed by atoms with E-state index in [2.05, 4.69) is 25.6 Å². The largest absolute Gasteiger partial charge is 0.416 e. The number of nitrogens with one attached hydrogen (secondary N) is 2. The first-order valence-electron chi connectivity index (χ1n) is 11.1. The summed E-state index contributed by atoms with van der Waals surface area (Å²) in [5, 5.41) is 5.24. The number of alkyl halides is 3. The van der Waals surface area contributed by atoms with Crippen molar-refractivity contribution in [1.29, 1.82) is 0 Å². The van der Waals surface area contributed by atoms with Crippen molar-refractivity contribution in [3.05, 3.63) is 89.8 Å². The average molecular weight is 455 g/mol. The molecule has 2 N–H and O–H groups in total. The van der Waals surface area contributed by atoms with Crippen LogP contribution in [0.3, 0.4) is 0 Å². The van der Waals surface area contributed by atoms with Crippen LogP contribution in [-0.4, -0.2) is 25.4 Å². The second-order valence-electron chi connectivity index (χ2n) is 7.10. The fourth-order valence-corrected chi connectivity index (χ4v) is 3.03. The fraction of sp³-hybridized carbons (Fsp3) is 0.130. The van der Waals surface area contributed by atoms with Gasteiger partial charge < -0.3 is 15.2 Å². The van der Waals surface area contributed by atoms with E-state index in [9.17, 15) is 18.0 Å². The highest BCUT2D eigenvalue weighted by atomic mass is 19.4. The van der Waals surface area contributed by atoms with Crippen LogP contribution in [0.1, 0.15) is 31.3 Å². The lowest BCUT2D eigenvalue weighted by Crippen LogP contribution is -2.14. The van der Waals surface area contributed by atoms with Gasteiger partial charge in [-0.05, 0) is 55.7 Å². The molecule has 0 aliphatic heterocycles.